The minimum Gasteiger partial charge on any atom is -0.355 e. The fourth-order valence-corrected chi connectivity index (χ4v) is 1.49. The lowest BCUT2D eigenvalue weighted by molar-refractivity contribution is -0.384. The predicted octanol–water partition coefficient (Wildman–Crippen LogP) is 1.00. The molecule has 0 aliphatic carbocycles. The summed E-state index contributed by atoms with van der Waals surface area (Å²) in [5.74, 6) is -0.231. The Kier molecular flexibility index (Phi) is 5.43. The van der Waals surface area contributed by atoms with Gasteiger partial charge in [0.2, 0.25) is 17.0 Å². The van der Waals surface area contributed by atoms with Crippen LogP contribution in [0, 0.1) is 10.1 Å². The largest absolute Gasteiger partial charge is 0.355 e. The second kappa shape index (κ2) is 6.83. The normalized spacial score (nSPS) is 10.1. The van der Waals surface area contributed by atoms with Crippen molar-refractivity contribution in [2.75, 3.05) is 25.0 Å². The Morgan fingerprint density at radius 1 is 1.63 bits per heavy atom. The SMILES string of the molecule is CCCNC(=O)CN(C)c1nc(Cl)ncc1[N+](=O)[O-]. The maximum atomic E-state index is 11.6. The van der Waals surface area contributed by atoms with Crippen LogP contribution in [0.15, 0.2) is 6.20 Å². The number of hydrogen-bond donors (Lipinski definition) is 1. The van der Waals surface area contributed by atoms with Gasteiger partial charge in [0.1, 0.15) is 6.20 Å². The van der Waals surface area contributed by atoms with Crippen molar-refractivity contribution in [2.24, 2.45) is 0 Å². The molecule has 1 aromatic rings. The van der Waals surface area contributed by atoms with Gasteiger partial charge in [-0.25, -0.2) is 4.98 Å². The second-order valence-electron chi connectivity index (χ2n) is 3.81. The molecule has 0 aliphatic rings. The Balaban J connectivity index is 2.86. The van der Waals surface area contributed by atoms with Crippen LogP contribution in [-0.2, 0) is 4.79 Å². The number of likely N-dealkylation sites (N-methyl/N-ethyl adjacent to an activating group) is 1. The summed E-state index contributed by atoms with van der Waals surface area (Å²) in [6, 6.07) is 0. The molecule has 0 saturated heterocycles. The van der Waals surface area contributed by atoms with Crippen molar-refractivity contribution in [2.45, 2.75) is 13.3 Å². The molecule has 1 heterocycles. The molecule has 9 heteroatoms. The zero-order valence-electron chi connectivity index (χ0n) is 10.6. The quantitative estimate of drug-likeness (QED) is 0.476. The highest BCUT2D eigenvalue weighted by Gasteiger charge is 2.21. The van der Waals surface area contributed by atoms with Gasteiger partial charge in [0.05, 0.1) is 11.5 Å². The Morgan fingerprint density at radius 2 is 2.32 bits per heavy atom. The van der Waals surface area contributed by atoms with Crippen LogP contribution in [0.25, 0.3) is 0 Å². The number of halogens is 1. The maximum absolute atomic E-state index is 11.6. The summed E-state index contributed by atoms with van der Waals surface area (Å²) in [6.07, 6.45) is 1.83. The maximum Gasteiger partial charge on any atom is 0.329 e. The lowest BCUT2D eigenvalue weighted by Crippen LogP contribution is -2.36. The number of carbonyl (C=O) groups excluding carboxylic acids is 1. The van der Waals surface area contributed by atoms with Gasteiger partial charge in [0.15, 0.2) is 0 Å². The van der Waals surface area contributed by atoms with Gasteiger partial charge in [-0.05, 0) is 18.0 Å². The Hall–Kier alpha value is -1.96. The number of anilines is 1. The lowest BCUT2D eigenvalue weighted by atomic mass is 10.4. The predicted molar refractivity (Wildman–Crippen MR) is 70.3 cm³/mol. The highest BCUT2D eigenvalue weighted by molar-refractivity contribution is 6.28. The van der Waals surface area contributed by atoms with E-state index in [0.717, 1.165) is 12.6 Å². The van der Waals surface area contributed by atoms with Crippen molar-refractivity contribution >= 4 is 29.0 Å². The van der Waals surface area contributed by atoms with E-state index in [2.05, 4.69) is 15.3 Å². The van der Waals surface area contributed by atoms with E-state index in [1.54, 1.807) is 0 Å². The van der Waals surface area contributed by atoms with E-state index < -0.39 is 4.92 Å². The van der Waals surface area contributed by atoms with Crippen LogP contribution in [0.4, 0.5) is 11.5 Å². The van der Waals surface area contributed by atoms with Gasteiger partial charge < -0.3 is 10.2 Å². The second-order valence-corrected chi connectivity index (χ2v) is 4.15. The zero-order chi connectivity index (χ0) is 14.4. The molecule has 0 saturated carbocycles. The van der Waals surface area contributed by atoms with Crippen molar-refractivity contribution in [3.63, 3.8) is 0 Å². The van der Waals surface area contributed by atoms with Gasteiger partial charge in [-0.15, -0.1) is 0 Å². The zero-order valence-corrected chi connectivity index (χ0v) is 11.3. The molecule has 0 atom stereocenters. The smallest absolute Gasteiger partial charge is 0.329 e. The first-order chi connectivity index (χ1) is 8.95. The van der Waals surface area contributed by atoms with Gasteiger partial charge in [-0.3, -0.25) is 14.9 Å². The van der Waals surface area contributed by atoms with Crippen LogP contribution < -0.4 is 10.2 Å². The molecule has 1 aromatic heterocycles. The molecule has 0 aromatic carbocycles. The van der Waals surface area contributed by atoms with Crippen LogP contribution >= 0.6 is 11.6 Å². The van der Waals surface area contributed by atoms with E-state index >= 15 is 0 Å². The van der Waals surface area contributed by atoms with Gasteiger partial charge in [-0.2, -0.15) is 4.98 Å². The number of nitrogens with zero attached hydrogens (tertiary/aromatic N) is 4. The molecule has 0 bridgehead atoms. The Labute approximate surface area is 114 Å². The molecule has 1 amide bonds. The monoisotopic (exact) mass is 287 g/mol. The molecule has 0 unspecified atom stereocenters. The van der Waals surface area contributed by atoms with Crippen LogP contribution in [-0.4, -0.2) is 40.9 Å². The van der Waals surface area contributed by atoms with Crippen LogP contribution in [0.1, 0.15) is 13.3 Å². The first kappa shape index (κ1) is 15.1. The molecule has 1 N–H and O–H groups in total. The van der Waals surface area contributed by atoms with Crippen molar-refractivity contribution in [3.05, 3.63) is 21.6 Å². The topological polar surface area (TPSA) is 101 Å². The summed E-state index contributed by atoms with van der Waals surface area (Å²) in [5, 5.41) is 13.4. The summed E-state index contributed by atoms with van der Waals surface area (Å²) in [5.41, 5.74) is -0.296. The summed E-state index contributed by atoms with van der Waals surface area (Å²) in [6.45, 7) is 2.44. The van der Waals surface area contributed by atoms with Crippen LogP contribution in [0.5, 0.6) is 0 Å². The number of nitrogens with one attached hydrogen (secondary N) is 1. The average molecular weight is 288 g/mol. The number of carbonyl (C=O) groups is 1. The third-order valence-electron chi connectivity index (χ3n) is 2.23. The molecule has 1 rings (SSSR count). The van der Waals surface area contributed by atoms with Crippen molar-refractivity contribution < 1.29 is 9.72 Å². The number of nitro groups is 1. The lowest BCUT2D eigenvalue weighted by Gasteiger charge is -2.17. The van der Waals surface area contributed by atoms with E-state index in [9.17, 15) is 14.9 Å². The molecule has 104 valence electrons. The van der Waals surface area contributed by atoms with Crippen LogP contribution in [0.3, 0.4) is 0 Å². The minimum absolute atomic E-state index is 0.0108. The number of rotatable bonds is 6. The highest BCUT2D eigenvalue weighted by Crippen LogP contribution is 2.24. The number of aromatic nitrogens is 2. The van der Waals surface area contributed by atoms with E-state index in [4.69, 9.17) is 11.6 Å². The fourth-order valence-electron chi connectivity index (χ4n) is 1.37. The molecule has 19 heavy (non-hydrogen) atoms. The minimum atomic E-state index is -0.619. The first-order valence-corrected chi connectivity index (χ1v) is 5.98. The molecule has 0 aliphatic heterocycles. The van der Waals surface area contributed by atoms with Gasteiger partial charge in [0, 0.05) is 13.6 Å². The first-order valence-electron chi connectivity index (χ1n) is 5.60. The number of hydrogen-bond acceptors (Lipinski definition) is 6. The summed E-state index contributed by atoms with van der Waals surface area (Å²) < 4.78 is 0. The van der Waals surface area contributed by atoms with E-state index in [1.165, 1.54) is 11.9 Å². The number of amides is 1. The molecule has 8 nitrogen and oxygen atoms in total. The molecule has 0 fully saturated rings. The Morgan fingerprint density at radius 3 is 2.89 bits per heavy atom. The summed E-state index contributed by atoms with van der Waals surface area (Å²) in [4.78, 5) is 30.5. The molecular formula is C10H14ClN5O3. The highest BCUT2D eigenvalue weighted by atomic mass is 35.5. The standard InChI is InChI=1S/C10H14ClN5O3/c1-3-4-12-8(17)6-15(2)9-7(16(18)19)5-13-10(11)14-9/h5H,3-4,6H2,1-2H3,(H,12,17). The average Bonchev–Trinajstić information content (AvgIpc) is 2.35. The summed E-state index contributed by atoms with van der Waals surface area (Å²) >= 11 is 5.61. The third-order valence-corrected chi connectivity index (χ3v) is 2.41. The fraction of sp³-hybridized carbons (Fsp3) is 0.500. The Bertz CT molecular complexity index is 482. The molecule has 0 radical (unpaired) electrons. The van der Waals surface area contributed by atoms with E-state index in [1.807, 2.05) is 6.92 Å². The van der Waals surface area contributed by atoms with E-state index in [0.29, 0.717) is 6.54 Å². The van der Waals surface area contributed by atoms with Crippen molar-refractivity contribution in [1.82, 2.24) is 15.3 Å². The third kappa shape index (κ3) is 4.32. The van der Waals surface area contributed by atoms with E-state index in [-0.39, 0.29) is 29.2 Å². The van der Waals surface area contributed by atoms with Gasteiger partial charge in [0.25, 0.3) is 0 Å². The van der Waals surface area contributed by atoms with Crippen molar-refractivity contribution in [1.29, 1.82) is 0 Å². The van der Waals surface area contributed by atoms with Gasteiger partial charge in [-0.1, -0.05) is 6.92 Å². The van der Waals surface area contributed by atoms with Crippen LogP contribution in [0.2, 0.25) is 5.28 Å². The summed E-state index contributed by atoms with van der Waals surface area (Å²) in [7, 11) is 1.52. The van der Waals surface area contributed by atoms with Crippen molar-refractivity contribution in [3.8, 4) is 0 Å². The van der Waals surface area contributed by atoms with Gasteiger partial charge >= 0.3 is 5.69 Å². The molecular weight excluding hydrogens is 274 g/mol. The molecule has 0 spiro atoms.